The van der Waals surface area contributed by atoms with Gasteiger partial charge in [-0.25, -0.2) is 0 Å². The van der Waals surface area contributed by atoms with Crippen molar-refractivity contribution in [1.82, 2.24) is 0 Å². The second-order valence-electron chi connectivity index (χ2n) is 15.1. The van der Waals surface area contributed by atoms with Crippen LogP contribution in [-0.2, 0) is 5.41 Å². The Kier molecular flexibility index (Phi) is 6.35. The zero-order valence-electron chi connectivity index (χ0n) is 29.6. The van der Waals surface area contributed by atoms with E-state index in [1.807, 2.05) is 11.3 Å². The molecule has 2 aliphatic carbocycles. The van der Waals surface area contributed by atoms with Gasteiger partial charge in [-0.3, -0.25) is 0 Å². The van der Waals surface area contributed by atoms with E-state index < -0.39 is 5.41 Å². The first-order chi connectivity index (χ1) is 26.8. The van der Waals surface area contributed by atoms with E-state index >= 15 is 0 Å². The van der Waals surface area contributed by atoms with Crippen molar-refractivity contribution in [2.45, 2.75) is 17.8 Å². The summed E-state index contributed by atoms with van der Waals surface area (Å²) in [7, 11) is 0. The van der Waals surface area contributed by atoms with Crippen LogP contribution in [0.3, 0.4) is 0 Å². The van der Waals surface area contributed by atoms with Gasteiger partial charge < -0.3 is 0 Å². The summed E-state index contributed by atoms with van der Waals surface area (Å²) in [6.07, 6.45) is 8.46. The van der Waals surface area contributed by atoms with Gasteiger partial charge in [-0.2, -0.15) is 0 Å². The van der Waals surface area contributed by atoms with Gasteiger partial charge in [-0.1, -0.05) is 176 Å². The van der Waals surface area contributed by atoms with Crippen LogP contribution in [0.25, 0.3) is 74.7 Å². The zero-order valence-corrected chi connectivity index (χ0v) is 30.4. The van der Waals surface area contributed by atoms with Crippen LogP contribution in [0, 0.1) is 0 Å². The summed E-state index contributed by atoms with van der Waals surface area (Å²) in [5.41, 5.74) is 11.5. The summed E-state index contributed by atoms with van der Waals surface area (Å²) < 4.78 is 2.76. The Morgan fingerprint density at radius 3 is 2.00 bits per heavy atom. The van der Waals surface area contributed by atoms with Crippen LogP contribution in [-0.4, -0.2) is 0 Å². The summed E-state index contributed by atoms with van der Waals surface area (Å²) >= 11 is 1.94. The number of hydrogen-bond acceptors (Lipinski definition) is 1. The maximum Gasteiger partial charge on any atom is 0.0710 e. The predicted octanol–water partition coefficient (Wildman–Crippen LogP) is 14.6. The van der Waals surface area contributed by atoms with E-state index in [0.29, 0.717) is 0 Å². The lowest BCUT2D eigenvalue weighted by Gasteiger charge is -2.37. The summed E-state index contributed by atoms with van der Waals surface area (Å²) in [6.45, 7) is 0. The topological polar surface area (TPSA) is 0 Å². The van der Waals surface area contributed by atoms with Gasteiger partial charge in [0.25, 0.3) is 0 Å². The molecule has 1 aromatic heterocycles. The Morgan fingerprint density at radius 1 is 0.500 bits per heavy atom. The van der Waals surface area contributed by atoms with Gasteiger partial charge >= 0.3 is 0 Å². The maximum absolute atomic E-state index is 2.61. The van der Waals surface area contributed by atoms with E-state index in [2.05, 4.69) is 188 Å². The molecule has 0 nitrogen and oxygen atoms in total. The Labute approximate surface area is 318 Å². The highest BCUT2D eigenvalue weighted by atomic mass is 32.1. The Balaban J connectivity index is 1.11. The normalized spacial score (nSPS) is 16.1. The van der Waals surface area contributed by atoms with Crippen molar-refractivity contribution < 1.29 is 0 Å². The minimum absolute atomic E-state index is 0.263. The predicted molar refractivity (Wildman–Crippen MR) is 231 cm³/mol. The minimum Gasteiger partial charge on any atom is -0.135 e. The van der Waals surface area contributed by atoms with Crippen LogP contribution in [0.5, 0.6) is 0 Å². The molecule has 0 saturated heterocycles. The fraction of sp³-hybridized carbons (Fsp3) is 0.0566. The van der Waals surface area contributed by atoms with E-state index in [4.69, 9.17) is 0 Å². The lowest BCUT2D eigenvalue weighted by atomic mass is 9.65. The minimum atomic E-state index is -0.476. The lowest BCUT2D eigenvalue weighted by Crippen LogP contribution is -2.30. The third kappa shape index (κ3) is 4.08. The monoisotopic (exact) mass is 702 g/mol. The maximum atomic E-state index is 2.61. The Bertz CT molecular complexity index is 3140. The van der Waals surface area contributed by atoms with Gasteiger partial charge in [-0.15, -0.1) is 11.3 Å². The first-order valence-electron chi connectivity index (χ1n) is 19.0. The molecule has 0 amide bonds. The molecule has 1 heteroatoms. The fourth-order valence-electron chi connectivity index (χ4n) is 10.1. The van der Waals surface area contributed by atoms with Crippen molar-refractivity contribution in [3.05, 3.63) is 216 Å². The Morgan fingerprint density at radius 2 is 1.17 bits per heavy atom. The molecule has 1 unspecified atom stereocenters. The molecule has 252 valence electrons. The number of allylic oxidation sites excluding steroid dienone is 4. The van der Waals surface area contributed by atoms with Crippen LogP contribution in [0.15, 0.2) is 194 Å². The zero-order chi connectivity index (χ0) is 35.4. The van der Waals surface area contributed by atoms with Crippen LogP contribution < -0.4 is 0 Å². The van der Waals surface area contributed by atoms with Crippen molar-refractivity contribution in [1.29, 1.82) is 0 Å². The molecule has 10 aromatic rings. The fourth-order valence-corrected chi connectivity index (χ4v) is 11.4. The van der Waals surface area contributed by atoms with Crippen molar-refractivity contribution in [2.24, 2.45) is 0 Å². The van der Waals surface area contributed by atoms with Gasteiger partial charge in [0, 0.05) is 26.1 Å². The van der Waals surface area contributed by atoms with Crippen molar-refractivity contribution in [2.75, 3.05) is 0 Å². The number of rotatable bonds is 4. The highest BCUT2D eigenvalue weighted by Crippen LogP contribution is 2.58. The molecule has 1 heterocycles. The Hall–Kier alpha value is -6.28. The largest absolute Gasteiger partial charge is 0.135 e. The molecule has 0 spiro atoms. The highest BCUT2D eigenvalue weighted by Gasteiger charge is 2.47. The first-order valence-corrected chi connectivity index (χ1v) is 19.8. The third-order valence-electron chi connectivity index (χ3n) is 12.4. The van der Waals surface area contributed by atoms with Gasteiger partial charge in [0.1, 0.15) is 0 Å². The SMILES string of the molecule is C1=CC(C2(c3cccc(-c4ccc5ccc6cccc7ccc4c5c67)c3)c3ccccc3-c3ccccc32)=CC(c2cccc3c2sc2ccccc23)C1. The molecule has 0 aliphatic heterocycles. The number of thiophene rings is 1. The summed E-state index contributed by atoms with van der Waals surface area (Å²) in [4.78, 5) is 0. The standard InChI is InChI=1S/C53H34S/c1-4-22-47-42(17-1)43-18-2-5-23-48(43)53(47,39-16-9-14-37(32-39)41-20-10-21-46-44-19-3-6-24-49(44)54-52(41)46)38-15-8-13-36(31-38)40-29-27-35-26-25-33-11-7-12-34-28-30-45(40)51(35)50(33)34/h1-13,15-32,37H,14H2. The van der Waals surface area contributed by atoms with Crippen molar-refractivity contribution >= 4 is 63.8 Å². The molecule has 0 radical (unpaired) electrons. The molecule has 0 N–H and O–H groups in total. The summed E-state index contributed by atoms with van der Waals surface area (Å²) in [5, 5.41) is 10.6. The van der Waals surface area contributed by atoms with E-state index in [1.54, 1.807) is 0 Å². The molecular weight excluding hydrogens is 669 g/mol. The molecule has 9 aromatic carbocycles. The summed E-state index contributed by atoms with van der Waals surface area (Å²) in [5.74, 6) is 0.263. The lowest BCUT2D eigenvalue weighted by molar-refractivity contribution is 0.732. The van der Waals surface area contributed by atoms with Crippen LogP contribution in [0.2, 0.25) is 0 Å². The molecule has 0 bridgehead atoms. The number of benzene rings is 9. The first kappa shape index (κ1) is 30.2. The second kappa shape index (κ2) is 11.4. The highest BCUT2D eigenvalue weighted by molar-refractivity contribution is 7.26. The average molecular weight is 703 g/mol. The van der Waals surface area contributed by atoms with Gasteiger partial charge in [-0.05, 0) is 101 Å². The molecule has 0 saturated carbocycles. The molecule has 1 atom stereocenters. The molecule has 54 heavy (non-hydrogen) atoms. The second-order valence-corrected chi connectivity index (χ2v) is 16.1. The molecule has 12 rings (SSSR count). The van der Waals surface area contributed by atoms with Gasteiger partial charge in [0.05, 0.1) is 5.41 Å². The van der Waals surface area contributed by atoms with E-state index in [9.17, 15) is 0 Å². The quantitative estimate of drug-likeness (QED) is 0.160. The number of hydrogen-bond donors (Lipinski definition) is 0. The van der Waals surface area contributed by atoms with E-state index in [0.717, 1.165) is 6.42 Å². The van der Waals surface area contributed by atoms with E-state index in [1.165, 1.54) is 103 Å². The third-order valence-corrected chi connectivity index (χ3v) is 13.7. The molecule has 0 fully saturated rings. The van der Waals surface area contributed by atoms with Crippen LogP contribution >= 0.6 is 11.3 Å². The van der Waals surface area contributed by atoms with Crippen LogP contribution in [0.1, 0.15) is 34.6 Å². The number of fused-ring (bicyclic) bond motifs is 6. The van der Waals surface area contributed by atoms with Crippen molar-refractivity contribution in [3.8, 4) is 22.3 Å². The van der Waals surface area contributed by atoms with Gasteiger partial charge in [0.15, 0.2) is 0 Å². The van der Waals surface area contributed by atoms with Gasteiger partial charge in [0.2, 0.25) is 0 Å². The molecular formula is C53H34S. The average Bonchev–Trinajstić information content (AvgIpc) is 3.77. The van der Waals surface area contributed by atoms with Crippen molar-refractivity contribution in [3.63, 3.8) is 0 Å². The van der Waals surface area contributed by atoms with Crippen LogP contribution in [0.4, 0.5) is 0 Å². The molecule has 2 aliphatic rings. The summed E-state index contributed by atoms with van der Waals surface area (Å²) in [6, 6.07) is 64.0. The smallest absolute Gasteiger partial charge is 0.0710 e. The van der Waals surface area contributed by atoms with E-state index in [-0.39, 0.29) is 5.92 Å².